The number of hydrogen-bond donors (Lipinski definition) is 1. The molecule has 0 bridgehead atoms. The highest BCUT2D eigenvalue weighted by atomic mass is 32.1. The van der Waals surface area contributed by atoms with Crippen molar-refractivity contribution in [1.82, 2.24) is 4.90 Å². The fraction of sp³-hybridized carbons (Fsp3) is 0.188. The zero-order valence-electron chi connectivity index (χ0n) is 12.3. The lowest BCUT2D eigenvalue weighted by molar-refractivity contribution is -0.138. The molecule has 0 unspecified atom stereocenters. The molecule has 0 aliphatic rings. The second-order valence-electron chi connectivity index (χ2n) is 5.01. The second-order valence-corrected chi connectivity index (χ2v) is 5.40. The van der Waals surface area contributed by atoms with Gasteiger partial charge in [0, 0.05) is 12.6 Å². The van der Waals surface area contributed by atoms with Gasteiger partial charge in [-0.1, -0.05) is 30.3 Å². The molecule has 2 rings (SSSR count). The maximum Gasteiger partial charge on any atom is 0.406 e. The van der Waals surface area contributed by atoms with Crippen molar-refractivity contribution in [2.75, 3.05) is 11.9 Å². The third-order valence-corrected chi connectivity index (χ3v) is 3.41. The summed E-state index contributed by atoms with van der Waals surface area (Å²) in [5.74, 6) is -1.73. The second kappa shape index (κ2) is 7.57. The molecule has 0 spiro atoms. The van der Waals surface area contributed by atoms with Gasteiger partial charge in [-0.2, -0.15) is 13.2 Å². The summed E-state index contributed by atoms with van der Waals surface area (Å²) >= 11 is 4.97. The molecule has 0 saturated heterocycles. The number of benzene rings is 2. The Kier molecular flexibility index (Phi) is 5.71. The van der Waals surface area contributed by atoms with E-state index in [0.717, 1.165) is 17.0 Å². The van der Waals surface area contributed by atoms with Crippen LogP contribution in [0.5, 0.6) is 0 Å². The Morgan fingerprint density at radius 2 is 1.71 bits per heavy atom. The van der Waals surface area contributed by atoms with Crippen LogP contribution < -0.4 is 5.32 Å². The quantitative estimate of drug-likeness (QED) is 0.627. The number of halogens is 5. The molecule has 2 aromatic rings. The van der Waals surface area contributed by atoms with E-state index in [1.807, 2.05) is 0 Å². The summed E-state index contributed by atoms with van der Waals surface area (Å²) in [6.45, 7) is -1.40. The molecular formula is C16H13F5N2S. The molecule has 2 nitrogen and oxygen atoms in total. The van der Waals surface area contributed by atoms with E-state index in [0.29, 0.717) is 11.6 Å². The SMILES string of the molecule is Fc1ccc(NC(=S)N(Cc2ccccc2)CC(F)(F)F)c(F)c1. The first-order valence-electron chi connectivity index (χ1n) is 6.86. The molecule has 0 heterocycles. The minimum Gasteiger partial charge on any atom is -0.336 e. The zero-order valence-corrected chi connectivity index (χ0v) is 13.1. The maximum atomic E-state index is 13.6. The first-order valence-corrected chi connectivity index (χ1v) is 7.27. The molecule has 128 valence electrons. The van der Waals surface area contributed by atoms with Crippen LogP contribution in [-0.2, 0) is 6.54 Å². The minimum atomic E-state index is -4.48. The summed E-state index contributed by atoms with van der Waals surface area (Å²) in [4.78, 5) is 0.869. The zero-order chi connectivity index (χ0) is 17.7. The van der Waals surface area contributed by atoms with Gasteiger partial charge < -0.3 is 10.2 Å². The van der Waals surface area contributed by atoms with E-state index in [4.69, 9.17) is 12.2 Å². The summed E-state index contributed by atoms with van der Waals surface area (Å²) in [6, 6.07) is 11.1. The summed E-state index contributed by atoms with van der Waals surface area (Å²) in [7, 11) is 0. The van der Waals surface area contributed by atoms with Crippen molar-refractivity contribution < 1.29 is 22.0 Å². The van der Waals surface area contributed by atoms with E-state index in [9.17, 15) is 22.0 Å². The molecule has 0 amide bonds. The van der Waals surface area contributed by atoms with Crippen LogP contribution in [-0.4, -0.2) is 22.7 Å². The Labute approximate surface area is 140 Å². The topological polar surface area (TPSA) is 15.3 Å². The molecule has 2 aromatic carbocycles. The average Bonchev–Trinajstić information content (AvgIpc) is 2.49. The normalized spacial score (nSPS) is 11.2. The molecular weight excluding hydrogens is 347 g/mol. The lowest BCUT2D eigenvalue weighted by Crippen LogP contribution is -2.41. The van der Waals surface area contributed by atoms with E-state index in [-0.39, 0.29) is 17.3 Å². The van der Waals surface area contributed by atoms with Crippen LogP contribution >= 0.6 is 12.2 Å². The van der Waals surface area contributed by atoms with Crippen molar-refractivity contribution >= 4 is 23.0 Å². The highest BCUT2D eigenvalue weighted by molar-refractivity contribution is 7.80. The van der Waals surface area contributed by atoms with Crippen LogP contribution in [0.4, 0.5) is 27.6 Å². The van der Waals surface area contributed by atoms with Crippen molar-refractivity contribution in [3.05, 3.63) is 65.7 Å². The van der Waals surface area contributed by atoms with Crippen molar-refractivity contribution in [2.24, 2.45) is 0 Å². The number of thiocarbonyl (C=S) groups is 1. The largest absolute Gasteiger partial charge is 0.406 e. The van der Waals surface area contributed by atoms with Gasteiger partial charge in [0.25, 0.3) is 0 Å². The maximum absolute atomic E-state index is 13.6. The fourth-order valence-electron chi connectivity index (χ4n) is 2.00. The van der Waals surface area contributed by atoms with E-state index in [1.54, 1.807) is 30.3 Å². The van der Waals surface area contributed by atoms with E-state index < -0.39 is 24.4 Å². The number of hydrogen-bond acceptors (Lipinski definition) is 1. The molecule has 0 aromatic heterocycles. The van der Waals surface area contributed by atoms with Gasteiger partial charge in [-0.3, -0.25) is 0 Å². The molecule has 0 radical (unpaired) electrons. The standard InChI is InChI=1S/C16H13F5N2S/c17-12-6-7-14(13(18)8-12)22-15(24)23(10-16(19,20)21)9-11-4-2-1-3-5-11/h1-8H,9-10H2,(H,22,24). The summed E-state index contributed by atoms with van der Waals surface area (Å²) < 4.78 is 64.9. The molecule has 0 aliphatic carbocycles. The molecule has 24 heavy (non-hydrogen) atoms. The van der Waals surface area contributed by atoms with Gasteiger partial charge in [-0.15, -0.1) is 0 Å². The van der Waals surface area contributed by atoms with Crippen molar-refractivity contribution in [2.45, 2.75) is 12.7 Å². The molecule has 0 atom stereocenters. The monoisotopic (exact) mass is 360 g/mol. The Balaban J connectivity index is 2.17. The molecule has 0 aliphatic heterocycles. The van der Waals surface area contributed by atoms with Crippen LogP contribution in [0.2, 0.25) is 0 Å². The molecule has 8 heteroatoms. The molecule has 0 saturated carbocycles. The van der Waals surface area contributed by atoms with Crippen LogP contribution in [0.15, 0.2) is 48.5 Å². The molecule has 1 N–H and O–H groups in total. The van der Waals surface area contributed by atoms with Gasteiger partial charge in [0.2, 0.25) is 0 Å². The Morgan fingerprint density at radius 1 is 1.04 bits per heavy atom. The number of anilines is 1. The van der Waals surface area contributed by atoms with Crippen LogP contribution in [0, 0.1) is 11.6 Å². The number of rotatable bonds is 4. The first-order chi connectivity index (χ1) is 11.2. The van der Waals surface area contributed by atoms with Crippen LogP contribution in [0.25, 0.3) is 0 Å². The van der Waals surface area contributed by atoms with Crippen molar-refractivity contribution in [3.8, 4) is 0 Å². The Hall–Kier alpha value is -2.22. The van der Waals surface area contributed by atoms with Gasteiger partial charge in [-0.05, 0) is 29.9 Å². The lowest BCUT2D eigenvalue weighted by Gasteiger charge is -2.27. The third kappa shape index (κ3) is 5.45. The number of alkyl halides is 3. The highest BCUT2D eigenvalue weighted by Gasteiger charge is 2.32. The van der Waals surface area contributed by atoms with Crippen LogP contribution in [0.1, 0.15) is 5.56 Å². The van der Waals surface area contributed by atoms with E-state index >= 15 is 0 Å². The van der Waals surface area contributed by atoms with E-state index in [1.165, 1.54) is 0 Å². The third-order valence-electron chi connectivity index (χ3n) is 3.05. The average molecular weight is 360 g/mol. The Bertz CT molecular complexity index is 703. The summed E-state index contributed by atoms with van der Waals surface area (Å²) in [5, 5.41) is 2.09. The van der Waals surface area contributed by atoms with Gasteiger partial charge >= 0.3 is 6.18 Å². The minimum absolute atomic E-state index is 0.102. The van der Waals surface area contributed by atoms with Gasteiger partial charge in [0.05, 0.1) is 5.69 Å². The van der Waals surface area contributed by atoms with Gasteiger partial charge in [0.15, 0.2) is 5.11 Å². The first kappa shape index (κ1) is 18.1. The number of nitrogens with zero attached hydrogens (tertiary/aromatic N) is 1. The predicted octanol–water partition coefficient (Wildman–Crippen LogP) is 4.73. The summed E-state index contributed by atoms with van der Waals surface area (Å²) in [6.07, 6.45) is -4.48. The number of nitrogens with one attached hydrogen (secondary N) is 1. The lowest BCUT2D eigenvalue weighted by atomic mass is 10.2. The van der Waals surface area contributed by atoms with Gasteiger partial charge in [0.1, 0.15) is 18.2 Å². The smallest absolute Gasteiger partial charge is 0.336 e. The van der Waals surface area contributed by atoms with Crippen molar-refractivity contribution in [3.63, 3.8) is 0 Å². The fourth-order valence-corrected chi connectivity index (χ4v) is 2.24. The van der Waals surface area contributed by atoms with Crippen LogP contribution in [0.3, 0.4) is 0 Å². The highest BCUT2D eigenvalue weighted by Crippen LogP contribution is 2.21. The summed E-state index contributed by atoms with van der Waals surface area (Å²) in [5.41, 5.74) is 0.423. The predicted molar refractivity (Wildman–Crippen MR) is 85.5 cm³/mol. The van der Waals surface area contributed by atoms with E-state index in [2.05, 4.69) is 5.32 Å². The Morgan fingerprint density at radius 3 is 2.29 bits per heavy atom. The molecule has 0 fully saturated rings. The van der Waals surface area contributed by atoms with Gasteiger partial charge in [-0.25, -0.2) is 8.78 Å². The van der Waals surface area contributed by atoms with Crippen molar-refractivity contribution in [1.29, 1.82) is 0 Å².